The third-order valence-corrected chi connectivity index (χ3v) is 2.01. The minimum atomic E-state index is 0.253. The zero-order valence-corrected chi connectivity index (χ0v) is 9.36. The van der Waals surface area contributed by atoms with E-state index in [0.717, 1.165) is 23.0 Å². The Morgan fingerprint density at radius 2 is 2.07 bits per heavy atom. The monoisotopic (exact) mass is 204 g/mol. The quantitative estimate of drug-likeness (QED) is 0.776. The molecule has 0 aromatic carbocycles. The molecule has 3 heteroatoms. The largest absolute Gasteiger partial charge is 0.506 e. The van der Waals surface area contributed by atoms with Gasteiger partial charge in [-0.15, -0.1) is 0 Å². The second kappa shape index (κ2) is 5.29. The first-order chi connectivity index (χ1) is 7.31. The Labute approximate surface area is 89.8 Å². The smallest absolute Gasteiger partial charge is 0.137 e. The first-order valence-corrected chi connectivity index (χ1v) is 5.24. The van der Waals surface area contributed by atoms with Crippen LogP contribution < -0.4 is 0 Å². The van der Waals surface area contributed by atoms with Crippen molar-refractivity contribution in [2.75, 3.05) is 0 Å². The molecule has 2 heterocycles. The van der Waals surface area contributed by atoms with Crippen LogP contribution in [0.5, 0.6) is 5.75 Å². The Kier molecular flexibility index (Phi) is 4.03. The normalized spacial score (nSPS) is 9.53. The molecule has 0 unspecified atom stereocenters. The zero-order valence-electron chi connectivity index (χ0n) is 9.36. The molecule has 0 amide bonds. The van der Waals surface area contributed by atoms with Gasteiger partial charge in [-0.1, -0.05) is 20.8 Å². The molecule has 80 valence electrons. The molecule has 15 heavy (non-hydrogen) atoms. The molecule has 0 fully saturated rings. The van der Waals surface area contributed by atoms with Crippen molar-refractivity contribution in [1.29, 1.82) is 0 Å². The van der Waals surface area contributed by atoms with Crippen LogP contribution in [0.15, 0.2) is 24.5 Å². The molecule has 3 nitrogen and oxygen atoms in total. The fourth-order valence-corrected chi connectivity index (χ4v) is 1.31. The van der Waals surface area contributed by atoms with Crippen LogP contribution in [0, 0.1) is 0 Å². The molecule has 0 bridgehead atoms. The highest BCUT2D eigenvalue weighted by atomic mass is 16.3. The maximum atomic E-state index is 9.52. The zero-order chi connectivity index (χ0) is 11.3. The molecule has 0 saturated carbocycles. The van der Waals surface area contributed by atoms with Crippen molar-refractivity contribution in [1.82, 2.24) is 9.97 Å². The van der Waals surface area contributed by atoms with Gasteiger partial charge in [0.1, 0.15) is 5.75 Å². The van der Waals surface area contributed by atoms with E-state index in [9.17, 15) is 5.11 Å². The lowest BCUT2D eigenvalue weighted by Gasteiger charge is -2.02. The van der Waals surface area contributed by atoms with Gasteiger partial charge >= 0.3 is 0 Å². The third-order valence-electron chi connectivity index (χ3n) is 2.01. The van der Waals surface area contributed by atoms with Gasteiger partial charge in [0, 0.05) is 17.8 Å². The lowest BCUT2D eigenvalue weighted by molar-refractivity contribution is 0.466. The predicted octanol–water partition coefficient (Wildman–Crippen LogP) is 2.92. The molecule has 0 aliphatic heterocycles. The van der Waals surface area contributed by atoms with E-state index in [0.29, 0.717) is 0 Å². The van der Waals surface area contributed by atoms with Gasteiger partial charge in [-0.05, 0) is 18.6 Å². The highest BCUT2D eigenvalue weighted by Gasteiger charge is 2.02. The first-order valence-electron chi connectivity index (χ1n) is 5.24. The average molecular weight is 204 g/mol. The number of rotatable bonds is 1. The van der Waals surface area contributed by atoms with Crippen molar-refractivity contribution in [3.05, 3.63) is 30.2 Å². The number of aromatic nitrogens is 2. The van der Waals surface area contributed by atoms with E-state index < -0.39 is 0 Å². The van der Waals surface area contributed by atoms with Crippen LogP contribution >= 0.6 is 0 Å². The molecule has 0 aliphatic carbocycles. The summed E-state index contributed by atoms with van der Waals surface area (Å²) in [5.74, 6) is 0.253. The van der Waals surface area contributed by atoms with E-state index in [1.54, 1.807) is 18.5 Å². The summed E-state index contributed by atoms with van der Waals surface area (Å²) in [6.45, 7) is 5.97. The molecule has 2 aromatic heterocycles. The van der Waals surface area contributed by atoms with Crippen LogP contribution in [0.1, 0.15) is 26.5 Å². The van der Waals surface area contributed by atoms with E-state index in [2.05, 4.69) is 9.97 Å². The predicted molar refractivity (Wildman–Crippen MR) is 61.9 cm³/mol. The van der Waals surface area contributed by atoms with Crippen LogP contribution in [0.2, 0.25) is 0 Å². The summed E-state index contributed by atoms with van der Waals surface area (Å²) in [6.07, 6.45) is 4.14. The van der Waals surface area contributed by atoms with Crippen LogP contribution in [-0.4, -0.2) is 15.1 Å². The highest BCUT2D eigenvalue weighted by molar-refractivity contribution is 5.79. The fraction of sp³-hybridized carbons (Fsp3) is 0.333. The fourth-order valence-electron chi connectivity index (χ4n) is 1.31. The number of nitrogens with zero attached hydrogens (tertiary/aromatic N) is 2. The van der Waals surface area contributed by atoms with E-state index in [-0.39, 0.29) is 5.75 Å². The summed E-state index contributed by atoms with van der Waals surface area (Å²) >= 11 is 0. The second-order valence-electron chi connectivity index (χ2n) is 2.88. The molecule has 0 saturated heterocycles. The second-order valence-corrected chi connectivity index (χ2v) is 2.88. The summed E-state index contributed by atoms with van der Waals surface area (Å²) in [4.78, 5) is 8.26. The maximum Gasteiger partial charge on any atom is 0.137 e. The lowest BCUT2D eigenvalue weighted by Crippen LogP contribution is -1.89. The standard InChI is InChI=1S/C10H10N2O.C2H6/c1-2-8-10(13)5-7-6-11-4-3-9(7)12-8;1-2/h3-6,13H,2H2,1H3;1-2H3. The lowest BCUT2D eigenvalue weighted by atomic mass is 10.2. The van der Waals surface area contributed by atoms with Crippen molar-refractivity contribution in [3.8, 4) is 5.75 Å². The van der Waals surface area contributed by atoms with Gasteiger partial charge < -0.3 is 5.11 Å². The maximum absolute atomic E-state index is 9.52. The van der Waals surface area contributed by atoms with Gasteiger partial charge in [-0.25, -0.2) is 4.98 Å². The van der Waals surface area contributed by atoms with Gasteiger partial charge in [-0.2, -0.15) is 0 Å². The summed E-state index contributed by atoms with van der Waals surface area (Å²) in [5.41, 5.74) is 1.61. The summed E-state index contributed by atoms with van der Waals surface area (Å²) in [7, 11) is 0. The molecule has 1 N–H and O–H groups in total. The van der Waals surface area contributed by atoms with Gasteiger partial charge in [0.05, 0.1) is 11.2 Å². The summed E-state index contributed by atoms with van der Waals surface area (Å²) in [6, 6.07) is 3.54. The highest BCUT2D eigenvalue weighted by Crippen LogP contribution is 2.20. The Hall–Kier alpha value is -1.64. The summed E-state index contributed by atoms with van der Waals surface area (Å²) in [5, 5.41) is 10.4. The minimum absolute atomic E-state index is 0.253. The number of hydrogen-bond donors (Lipinski definition) is 1. The average Bonchev–Trinajstić information content (AvgIpc) is 2.31. The molecular formula is C12H16N2O. The number of aryl methyl sites for hydroxylation is 1. The van der Waals surface area contributed by atoms with E-state index in [4.69, 9.17) is 0 Å². The topological polar surface area (TPSA) is 46.0 Å². The van der Waals surface area contributed by atoms with Crippen LogP contribution in [0.3, 0.4) is 0 Å². The van der Waals surface area contributed by atoms with E-state index in [1.807, 2.05) is 26.8 Å². The number of pyridine rings is 2. The SMILES string of the molecule is CC.CCc1nc2ccncc2cc1O. The van der Waals surface area contributed by atoms with Crippen molar-refractivity contribution in [2.45, 2.75) is 27.2 Å². The van der Waals surface area contributed by atoms with E-state index >= 15 is 0 Å². The molecule has 2 aromatic rings. The molecule has 0 aliphatic rings. The van der Waals surface area contributed by atoms with Gasteiger partial charge in [-0.3, -0.25) is 4.98 Å². The number of hydrogen-bond acceptors (Lipinski definition) is 3. The third kappa shape index (κ3) is 2.43. The van der Waals surface area contributed by atoms with Crippen LogP contribution in [-0.2, 0) is 6.42 Å². The Balaban J connectivity index is 0.000000531. The molecule has 0 spiro atoms. The minimum Gasteiger partial charge on any atom is -0.506 e. The Morgan fingerprint density at radius 1 is 1.33 bits per heavy atom. The number of fused-ring (bicyclic) bond motifs is 1. The Morgan fingerprint density at radius 3 is 2.73 bits per heavy atom. The summed E-state index contributed by atoms with van der Waals surface area (Å²) < 4.78 is 0. The molecule has 0 radical (unpaired) electrons. The van der Waals surface area contributed by atoms with Crippen molar-refractivity contribution < 1.29 is 5.11 Å². The van der Waals surface area contributed by atoms with Crippen molar-refractivity contribution in [3.63, 3.8) is 0 Å². The van der Waals surface area contributed by atoms with Crippen LogP contribution in [0.25, 0.3) is 10.9 Å². The van der Waals surface area contributed by atoms with E-state index in [1.165, 1.54) is 0 Å². The first kappa shape index (κ1) is 11.4. The van der Waals surface area contributed by atoms with Crippen molar-refractivity contribution in [2.24, 2.45) is 0 Å². The van der Waals surface area contributed by atoms with Gasteiger partial charge in [0.15, 0.2) is 0 Å². The molecule has 0 atom stereocenters. The Bertz CT molecular complexity index is 441. The number of aromatic hydroxyl groups is 1. The van der Waals surface area contributed by atoms with Gasteiger partial charge in [0.25, 0.3) is 0 Å². The molecule has 2 rings (SSSR count). The molecular weight excluding hydrogens is 188 g/mol. The van der Waals surface area contributed by atoms with Crippen molar-refractivity contribution >= 4 is 10.9 Å². The van der Waals surface area contributed by atoms with Crippen LogP contribution in [0.4, 0.5) is 0 Å². The van der Waals surface area contributed by atoms with Gasteiger partial charge in [0.2, 0.25) is 0 Å².